The molecule has 1 aliphatic rings. The largest absolute Gasteiger partial charge is 0.493 e. The van der Waals surface area contributed by atoms with E-state index in [1.165, 1.54) is 12.4 Å². The summed E-state index contributed by atoms with van der Waals surface area (Å²) >= 11 is 0. The monoisotopic (exact) mass is 551 g/mol. The van der Waals surface area contributed by atoms with Crippen LogP contribution in [-0.2, 0) is 17.4 Å². The zero-order valence-corrected chi connectivity index (χ0v) is 21.8. The molecule has 0 saturated carbocycles. The molecular formula is C29H28F3N5O3. The second-order valence-electron chi connectivity index (χ2n) is 9.60. The molecule has 2 aromatic heterocycles. The van der Waals surface area contributed by atoms with Crippen molar-refractivity contribution in [2.75, 3.05) is 32.1 Å². The highest BCUT2D eigenvalue weighted by atomic mass is 19.4. The van der Waals surface area contributed by atoms with Crippen molar-refractivity contribution >= 4 is 22.5 Å². The van der Waals surface area contributed by atoms with Gasteiger partial charge < -0.3 is 20.1 Å². The van der Waals surface area contributed by atoms with Gasteiger partial charge in [-0.1, -0.05) is 18.2 Å². The Morgan fingerprint density at radius 1 is 1.02 bits per heavy atom. The van der Waals surface area contributed by atoms with Gasteiger partial charge in [-0.05, 0) is 61.7 Å². The highest BCUT2D eigenvalue weighted by molar-refractivity contribution is 5.95. The SMILES string of the molecule is COc1cc2c(-c3ccc(NC(=O)Cc4ccc(C(F)(F)F)nc4)cc3)ncnc2cc1OCC1CCNCC1. The Labute approximate surface area is 229 Å². The molecular weight excluding hydrogens is 523 g/mol. The number of nitrogens with zero attached hydrogens (tertiary/aromatic N) is 3. The summed E-state index contributed by atoms with van der Waals surface area (Å²) in [6.07, 6.45) is 0.0743. The molecule has 2 aromatic carbocycles. The standard InChI is InChI=1S/C29H28F3N5O3/c1-39-24-13-22-23(14-25(24)40-16-18-8-10-33-11-9-18)35-17-36-28(22)20-3-5-21(6-4-20)37-27(38)12-19-2-7-26(34-15-19)29(30,31)32/h2-7,13-15,17-18,33H,8-12,16H2,1H3,(H,37,38). The fraction of sp³-hybridized carbons (Fsp3) is 0.310. The van der Waals surface area contributed by atoms with Crippen LogP contribution in [0.1, 0.15) is 24.1 Å². The predicted octanol–water partition coefficient (Wildman–Crippen LogP) is 5.28. The van der Waals surface area contributed by atoms with E-state index in [0.717, 1.165) is 49.1 Å². The summed E-state index contributed by atoms with van der Waals surface area (Å²) in [5.74, 6) is 1.36. The van der Waals surface area contributed by atoms with Crippen LogP contribution in [-0.4, -0.2) is 47.7 Å². The summed E-state index contributed by atoms with van der Waals surface area (Å²) in [5.41, 5.74) is 2.14. The highest BCUT2D eigenvalue weighted by Gasteiger charge is 2.32. The van der Waals surface area contributed by atoms with Crippen LogP contribution in [0.2, 0.25) is 0 Å². The quantitative estimate of drug-likeness (QED) is 0.308. The summed E-state index contributed by atoms with van der Waals surface area (Å²) in [7, 11) is 1.60. The summed E-state index contributed by atoms with van der Waals surface area (Å²) in [5, 5.41) is 6.91. The third-order valence-corrected chi connectivity index (χ3v) is 6.78. The van der Waals surface area contributed by atoms with Crippen molar-refractivity contribution in [3.05, 3.63) is 72.3 Å². The van der Waals surface area contributed by atoms with Crippen molar-refractivity contribution < 1.29 is 27.4 Å². The number of anilines is 1. The molecule has 3 heterocycles. The third-order valence-electron chi connectivity index (χ3n) is 6.78. The van der Waals surface area contributed by atoms with Gasteiger partial charge in [0.25, 0.3) is 0 Å². The van der Waals surface area contributed by atoms with E-state index in [2.05, 4.69) is 25.6 Å². The average Bonchev–Trinajstić information content (AvgIpc) is 2.96. The average molecular weight is 552 g/mol. The molecule has 0 unspecified atom stereocenters. The van der Waals surface area contributed by atoms with Gasteiger partial charge in [0.15, 0.2) is 11.5 Å². The van der Waals surface area contributed by atoms with Gasteiger partial charge in [0.2, 0.25) is 5.91 Å². The first-order valence-electron chi connectivity index (χ1n) is 12.9. The van der Waals surface area contributed by atoms with E-state index in [0.29, 0.717) is 46.5 Å². The van der Waals surface area contributed by atoms with Gasteiger partial charge in [0, 0.05) is 28.9 Å². The van der Waals surface area contributed by atoms with Crippen LogP contribution in [0.5, 0.6) is 11.5 Å². The molecule has 40 heavy (non-hydrogen) atoms. The molecule has 1 amide bonds. The number of carbonyl (C=O) groups excluding carboxylic acids is 1. The molecule has 8 nitrogen and oxygen atoms in total. The molecule has 208 valence electrons. The van der Waals surface area contributed by atoms with E-state index in [-0.39, 0.29) is 12.3 Å². The summed E-state index contributed by atoms with van der Waals surface area (Å²) in [4.78, 5) is 24.7. The van der Waals surface area contributed by atoms with Gasteiger partial charge in [0.1, 0.15) is 12.0 Å². The van der Waals surface area contributed by atoms with Crippen LogP contribution < -0.4 is 20.1 Å². The maximum atomic E-state index is 12.7. The van der Waals surface area contributed by atoms with Gasteiger partial charge in [-0.2, -0.15) is 13.2 Å². The first-order chi connectivity index (χ1) is 19.3. The number of halogens is 3. The summed E-state index contributed by atoms with van der Waals surface area (Å²) in [6.45, 7) is 2.61. The van der Waals surface area contributed by atoms with E-state index < -0.39 is 11.9 Å². The number of hydrogen-bond donors (Lipinski definition) is 2. The van der Waals surface area contributed by atoms with Gasteiger partial charge in [-0.3, -0.25) is 9.78 Å². The summed E-state index contributed by atoms with van der Waals surface area (Å²) < 4.78 is 49.8. The van der Waals surface area contributed by atoms with Gasteiger partial charge in [0.05, 0.1) is 31.3 Å². The maximum Gasteiger partial charge on any atom is 0.433 e. The number of methoxy groups -OCH3 is 1. The van der Waals surface area contributed by atoms with E-state index in [9.17, 15) is 18.0 Å². The lowest BCUT2D eigenvalue weighted by Gasteiger charge is -2.23. The number of pyridine rings is 1. The number of amides is 1. The molecule has 1 aliphatic heterocycles. The Morgan fingerprint density at radius 3 is 2.48 bits per heavy atom. The third kappa shape index (κ3) is 6.48. The molecule has 5 rings (SSSR count). The Bertz CT molecular complexity index is 1470. The molecule has 11 heteroatoms. The first-order valence-corrected chi connectivity index (χ1v) is 12.9. The molecule has 0 radical (unpaired) electrons. The first kappa shape index (κ1) is 27.3. The van der Waals surface area contributed by atoms with Crippen LogP contribution in [0, 0.1) is 5.92 Å². The minimum absolute atomic E-state index is 0.106. The van der Waals surface area contributed by atoms with Crippen LogP contribution in [0.3, 0.4) is 0 Å². The van der Waals surface area contributed by atoms with Crippen molar-refractivity contribution in [2.24, 2.45) is 5.92 Å². The number of ether oxygens (including phenoxy) is 2. The van der Waals surface area contributed by atoms with Crippen LogP contribution >= 0.6 is 0 Å². The van der Waals surface area contributed by atoms with E-state index in [4.69, 9.17) is 9.47 Å². The van der Waals surface area contributed by atoms with Crippen molar-refractivity contribution in [3.8, 4) is 22.8 Å². The van der Waals surface area contributed by atoms with E-state index in [1.54, 1.807) is 19.2 Å². The van der Waals surface area contributed by atoms with Gasteiger partial charge in [-0.25, -0.2) is 9.97 Å². The van der Waals surface area contributed by atoms with E-state index >= 15 is 0 Å². The molecule has 0 spiro atoms. The van der Waals surface area contributed by atoms with Crippen molar-refractivity contribution in [1.29, 1.82) is 0 Å². The summed E-state index contributed by atoms with van der Waals surface area (Å²) in [6, 6.07) is 13.0. The van der Waals surface area contributed by atoms with Crippen LogP contribution in [0.15, 0.2) is 61.1 Å². The molecule has 4 aromatic rings. The Kier molecular flexibility index (Phi) is 8.11. The number of benzene rings is 2. The lowest BCUT2D eigenvalue weighted by molar-refractivity contribution is -0.141. The predicted molar refractivity (Wildman–Crippen MR) is 144 cm³/mol. The zero-order valence-electron chi connectivity index (χ0n) is 21.8. The second-order valence-corrected chi connectivity index (χ2v) is 9.60. The number of carbonyl (C=O) groups is 1. The van der Waals surface area contributed by atoms with Crippen molar-refractivity contribution in [2.45, 2.75) is 25.4 Å². The number of piperidine rings is 1. The number of rotatable bonds is 8. The van der Waals surface area contributed by atoms with Gasteiger partial charge >= 0.3 is 6.18 Å². The fourth-order valence-corrected chi connectivity index (χ4v) is 4.62. The number of hydrogen-bond acceptors (Lipinski definition) is 7. The Morgan fingerprint density at radius 2 is 1.80 bits per heavy atom. The van der Waals surface area contributed by atoms with E-state index in [1.807, 2.05) is 24.3 Å². The minimum atomic E-state index is -4.52. The maximum absolute atomic E-state index is 12.7. The number of alkyl halides is 3. The number of aromatic nitrogens is 3. The topological polar surface area (TPSA) is 98.3 Å². The normalized spacial score (nSPS) is 14.2. The number of nitrogens with one attached hydrogen (secondary N) is 2. The van der Waals surface area contributed by atoms with Crippen LogP contribution in [0.4, 0.5) is 18.9 Å². The second kappa shape index (κ2) is 11.9. The fourth-order valence-electron chi connectivity index (χ4n) is 4.62. The molecule has 1 saturated heterocycles. The molecule has 0 aliphatic carbocycles. The van der Waals surface area contributed by atoms with Crippen molar-refractivity contribution in [3.63, 3.8) is 0 Å². The molecule has 2 N–H and O–H groups in total. The minimum Gasteiger partial charge on any atom is -0.493 e. The Hall–Kier alpha value is -4.25. The lowest BCUT2D eigenvalue weighted by atomic mass is 9.99. The molecule has 0 atom stereocenters. The van der Waals surface area contributed by atoms with Crippen LogP contribution in [0.25, 0.3) is 22.2 Å². The van der Waals surface area contributed by atoms with Gasteiger partial charge in [-0.15, -0.1) is 0 Å². The molecule has 1 fully saturated rings. The smallest absolute Gasteiger partial charge is 0.433 e. The zero-order chi connectivity index (χ0) is 28.1. The highest BCUT2D eigenvalue weighted by Crippen LogP contribution is 2.36. The Balaban J connectivity index is 1.28. The number of fused-ring (bicyclic) bond motifs is 1. The van der Waals surface area contributed by atoms with Crippen molar-refractivity contribution in [1.82, 2.24) is 20.3 Å². The lowest BCUT2D eigenvalue weighted by Crippen LogP contribution is -2.30. The molecule has 0 bridgehead atoms.